The number of aliphatic carboxylic acids is 1. The van der Waals surface area contributed by atoms with E-state index in [2.05, 4.69) is 4.90 Å². The van der Waals surface area contributed by atoms with Crippen molar-refractivity contribution in [2.24, 2.45) is 5.73 Å². The molecule has 1 atom stereocenters. The molecule has 106 valence electrons. The standard InChI is InChI=1S/C15H18N2O3/c1-10-12(11-4-2-3-5-13(11)20-10)8-17-7-6-15(16,9-17)14(18)19/h2-5H,6-9,16H2,1H3,(H,18,19). The second-order valence-corrected chi connectivity index (χ2v) is 5.55. The summed E-state index contributed by atoms with van der Waals surface area (Å²) in [7, 11) is 0. The summed E-state index contributed by atoms with van der Waals surface area (Å²) >= 11 is 0. The van der Waals surface area contributed by atoms with Gasteiger partial charge in [0.25, 0.3) is 0 Å². The molecule has 1 saturated heterocycles. The number of benzene rings is 1. The van der Waals surface area contributed by atoms with E-state index in [0.717, 1.165) is 22.3 Å². The highest BCUT2D eigenvalue weighted by Gasteiger charge is 2.41. The van der Waals surface area contributed by atoms with E-state index in [-0.39, 0.29) is 0 Å². The number of hydrogen-bond acceptors (Lipinski definition) is 4. The molecule has 0 aliphatic carbocycles. The Morgan fingerprint density at radius 3 is 2.95 bits per heavy atom. The van der Waals surface area contributed by atoms with Gasteiger partial charge in [0.1, 0.15) is 16.9 Å². The smallest absolute Gasteiger partial charge is 0.325 e. The van der Waals surface area contributed by atoms with E-state index < -0.39 is 11.5 Å². The van der Waals surface area contributed by atoms with Crippen molar-refractivity contribution in [1.29, 1.82) is 0 Å². The van der Waals surface area contributed by atoms with E-state index in [9.17, 15) is 9.90 Å². The van der Waals surface area contributed by atoms with Crippen molar-refractivity contribution < 1.29 is 14.3 Å². The Morgan fingerprint density at radius 1 is 1.50 bits per heavy atom. The Kier molecular flexibility index (Phi) is 3.03. The summed E-state index contributed by atoms with van der Waals surface area (Å²) in [6.45, 7) is 3.69. The summed E-state index contributed by atoms with van der Waals surface area (Å²) in [6, 6.07) is 7.90. The summed E-state index contributed by atoms with van der Waals surface area (Å²) in [5.41, 5.74) is 6.78. The van der Waals surface area contributed by atoms with E-state index in [0.29, 0.717) is 26.1 Å². The zero-order valence-electron chi connectivity index (χ0n) is 11.4. The Bertz CT molecular complexity index is 664. The molecule has 2 heterocycles. The minimum Gasteiger partial charge on any atom is -0.480 e. The molecule has 2 aromatic rings. The lowest BCUT2D eigenvalue weighted by atomic mass is 10.0. The molecule has 0 radical (unpaired) electrons. The second-order valence-electron chi connectivity index (χ2n) is 5.55. The third-order valence-corrected chi connectivity index (χ3v) is 4.09. The van der Waals surface area contributed by atoms with Crippen molar-refractivity contribution in [1.82, 2.24) is 4.90 Å². The van der Waals surface area contributed by atoms with Crippen LogP contribution in [0.4, 0.5) is 0 Å². The number of carboxylic acid groups (broad SMARTS) is 1. The SMILES string of the molecule is Cc1oc2ccccc2c1CN1CCC(N)(C(=O)O)C1. The zero-order valence-corrected chi connectivity index (χ0v) is 11.4. The monoisotopic (exact) mass is 274 g/mol. The van der Waals surface area contributed by atoms with Crippen LogP contribution in [0.5, 0.6) is 0 Å². The number of likely N-dealkylation sites (tertiary alicyclic amines) is 1. The summed E-state index contributed by atoms with van der Waals surface area (Å²) in [4.78, 5) is 13.3. The highest BCUT2D eigenvalue weighted by molar-refractivity contribution is 5.82. The van der Waals surface area contributed by atoms with Gasteiger partial charge in [0.15, 0.2) is 0 Å². The fourth-order valence-electron chi connectivity index (χ4n) is 2.87. The fraction of sp³-hybridized carbons (Fsp3) is 0.400. The zero-order chi connectivity index (χ0) is 14.3. The first-order chi connectivity index (χ1) is 9.49. The van der Waals surface area contributed by atoms with Gasteiger partial charge >= 0.3 is 5.97 Å². The van der Waals surface area contributed by atoms with Crippen molar-refractivity contribution >= 4 is 16.9 Å². The highest BCUT2D eigenvalue weighted by atomic mass is 16.4. The van der Waals surface area contributed by atoms with Gasteiger partial charge in [-0.15, -0.1) is 0 Å². The van der Waals surface area contributed by atoms with Crippen LogP contribution in [0, 0.1) is 6.92 Å². The summed E-state index contributed by atoms with van der Waals surface area (Å²) in [5.74, 6) is -0.0372. The van der Waals surface area contributed by atoms with Crippen molar-refractivity contribution in [3.8, 4) is 0 Å². The van der Waals surface area contributed by atoms with Crippen molar-refractivity contribution in [3.63, 3.8) is 0 Å². The van der Waals surface area contributed by atoms with E-state index in [1.165, 1.54) is 0 Å². The molecular weight excluding hydrogens is 256 g/mol. The number of carbonyl (C=O) groups is 1. The van der Waals surface area contributed by atoms with E-state index in [1.54, 1.807) is 0 Å². The molecule has 3 N–H and O–H groups in total. The van der Waals surface area contributed by atoms with Crippen LogP contribution < -0.4 is 5.73 Å². The van der Waals surface area contributed by atoms with Crippen molar-refractivity contribution in [2.45, 2.75) is 25.4 Å². The predicted molar refractivity (Wildman–Crippen MR) is 75.4 cm³/mol. The number of para-hydroxylation sites is 1. The lowest BCUT2D eigenvalue weighted by Crippen LogP contribution is -2.50. The molecule has 0 saturated carbocycles. The quantitative estimate of drug-likeness (QED) is 0.891. The molecule has 1 aromatic carbocycles. The minimum atomic E-state index is -1.12. The molecule has 0 bridgehead atoms. The van der Waals surface area contributed by atoms with Crippen molar-refractivity contribution in [3.05, 3.63) is 35.6 Å². The van der Waals surface area contributed by atoms with E-state index >= 15 is 0 Å². The van der Waals surface area contributed by atoms with Gasteiger partial charge in [-0.2, -0.15) is 0 Å². The number of furan rings is 1. The molecule has 20 heavy (non-hydrogen) atoms. The first kappa shape index (κ1) is 13.1. The van der Waals surface area contributed by atoms with Crippen LogP contribution in [-0.4, -0.2) is 34.6 Å². The Morgan fingerprint density at radius 2 is 2.25 bits per heavy atom. The topological polar surface area (TPSA) is 79.7 Å². The maximum Gasteiger partial charge on any atom is 0.325 e. The van der Waals surface area contributed by atoms with Gasteiger partial charge in [-0.3, -0.25) is 9.69 Å². The second kappa shape index (κ2) is 4.61. The molecule has 3 rings (SSSR count). The molecule has 1 fully saturated rings. The number of rotatable bonds is 3. The Labute approximate surface area is 117 Å². The molecule has 1 aromatic heterocycles. The molecule has 0 spiro atoms. The summed E-state index contributed by atoms with van der Waals surface area (Å²) in [5, 5.41) is 10.3. The van der Waals surface area contributed by atoms with Gasteiger partial charge in [-0.05, 0) is 19.4 Å². The normalized spacial score (nSPS) is 23.5. The van der Waals surface area contributed by atoms with Crippen LogP contribution in [0.15, 0.2) is 28.7 Å². The maximum absolute atomic E-state index is 11.2. The van der Waals surface area contributed by atoms with Crippen molar-refractivity contribution in [2.75, 3.05) is 13.1 Å². The molecule has 5 heteroatoms. The average molecular weight is 274 g/mol. The van der Waals surface area contributed by atoms with Crippen LogP contribution >= 0.6 is 0 Å². The summed E-state index contributed by atoms with van der Waals surface area (Å²) in [6.07, 6.45) is 0.483. The third kappa shape index (κ3) is 2.09. The molecule has 5 nitrogen and oxygen atoms in total. The van der Waals surface area contributed by atoms with Gasteiger partial charge in [0.05, 0.1) is 0 Å². The lowest BCUT2D eigenvalue weighted by molar-refractivity contribution is -0.142. The van der Waals surface area contributed by atoms with Crippen LogP contribution in [0.1, 0.15) is 17.7 Å². The highest BCUT2D eigenvalue weighted by Crippen LogP contribution is 2.28. The fourth-order valence-corrected chi connectivity index (χ4v) is 2.87. The molecule has 1 unspecified atom stereocenters. The van der Waals surface area contributed by atoms with Gasteiger partial charge in [0.2, 0.25) is 0 Å². The van der Waals surface area contributed by atoms with E-state index in [4.69, 9.17) is 10.2 Å². The van der Waals surface area contributed by atoms with Gasteiger partial charge in [-0.1, -0.05) is 18.2 Å². The van der Waals surface area contributed by atoms with Gasteiger partial charge < -0.3 is 15.3 Å². The largest absolute Gasteiger partial charge is 0.480 e. The summed E-state index contributed by atoms with van der Waals surface area (Å²) < 4.78 is 5.73. The average Bonchev–Trinajstić information content (AvgIpc) is 2.93. The Hall–Kier alpha value is -1.85. The van der Waals surface area contributed by atoms with Crippen LogP contribution in [0.25, 0.3) is 11.0 Å². The first-order valence-electron chi connectivity index (χ1n) is 6.71. The third-order valence-electron chi connectivity index (χ3n) is 4.09. The van der Waals surface area contributed by atoms with Gasteiger partial charge in [0, 0.05) is 30.6 Å². The molecule has 0 amide bonds. The first-order valence-corrected chi connectivity index (χ1v) is 6.71. The van der Waals surface area contributed by atoms with Gasteiger partial charge in [-0.25, -0.2) is 0 Å². The van der Waals surface area contributed by atoms with E-state index in [1.807, 2.05) is 31.2 Å². The predicted octanol–water partition coefficient (Wildman–Crippen LogP) is 1.73. The van der Waals surface area contributed by atoms with Crippen LogP contribution in [0.3, 0.4) is 0 Å². The number of fused-ring (bicyclic) bond motifs is 1. The molecular formula is C15H18N2O3. The van der Waals surface area contributed by atoms with Crippen LogP contribution in [-0.2, 0) is 11.3 Å². The van der Waals surface area contributed by atoms with Crippen LogP contribution in [0.2, 0.25) is 0 Å². The molecule has 1 aliphatic rings. The maximum atomic E-state index is 11.2. The minimum absolute atomic E-state index is 0.376. The number of hydrogen-bond donors (Lipinski definition) is 2. The number of nitrogens with zero attached hydrogens (tertiary/aromatic N) is 1. The number of aryl methyl sites for hydroxylation is 1. The number of carboxylic acids is 1. The Balaban J connectivity index is 1.85. The number of nitrogens with two attached hydrogens (primary N) is 1. The molecule has 1 aliphatic heterocycles. The lowest BCUT2D eigenvalue weighted by Gasteiger charge is -2.19.